The molecule has 0 radical (unpaired) electrons. The Hall–Kier alpha value is -3.18. The first kappa shape index (κ1) is 22.0. The quantitative estimate of drug-likeness (QED) is 0.468. The van der Waals surface area contributed by atoms with Gasteiger partial charge >= 0.3 is 6.03 Å². The van der Waals surface area contributed by atoms with Crippen molar-refractivity contribution in [2.45, 2.75) is 31.8 Å². The van der Waals surface area contributed by atoms with Gasteiger partial charge in [0.1, 0.15) is 0 Å². The number of halogens is 1. The zero-order valence-electron chi connectivity index (χ0n) is 18.3. The predicted octanol–water partition coefficient (Wildman–Crippen LogP) is 6.47. The smallest absolute Gasteiger partial charge is 0.322 e. The van der Waals surface area contributed by atoms with E-state index in [9.17, 15) is 4.79 Å². The summed E-state index contributed by atoms with van der Waals surface area (Å²) in [6.07, 6.45) is 2.98. The van der Waals surface area contributed by atoms with Gasteiger partial charge < -0.3 is 19.7 Å². The van der Waals surface area contributed by atoms with Crippen molar-refractivity contribution >= 4 is 23.3 Å². The number of hydrogen-bond acceptors (Lipinski definition) is 3. The number of nitrogens with zero attached hydrogens (tertiary/aromatic N) is 1. The van der Waals surface area contributed by atoms with Crippen LogP contribution in [0.2, 0.25) is 5.02 Å². The number of urea groups is 1. The molecule has 0 saturated heterocycles. The number of methoxy groups -OCH3 is 2. The van der Waals surface area contributed by atoms with Crippen LogP contribution in [0, 0.1) is 0 Å². The number of aryl methyl sites for hydroxylation is 1. The largest absolute Gasteiger partial charge is 0.493 e. The minimum Gasteiger partial charge on any atom is -0.493 e. The summed E-state index contributed by atoms with van der Waals surface area (Å²) in [5, 5.41) is 3.61. The van der Waals surface area contributed by atoms with Crippen LogP contribution >= 0.6 is 11.6 Å². The fraction of sp³-hybridized carbons (Fsp3) is 0.269. The number of anilines is 1. The van der Waals surface area contributed by atoms with E-state index in [1.54, 1.807) is 26.4 Å². The Labute approximate surface area is 193 Å². The molecule has 6 heteroatoms. The van der Waals surface area contributed by atoms with Gasteiger partial charge in [0.15, 0.2) is 11.5 Å². The topological polar surface area (TPSA) is 50.8 Å². The lowest BCUT2D eigenvalue weighted by Crippen LogP contribution is -2.39. The summed E-state index contributed by atoms with van der Waals surface area (Å²) in [5.74, 6) is 1.30. The van der Waals surface area contributed by atoms with E-state index < -0.39 is 0 Å². The Kier molecular flexibility index (Phi) is 6.86. The molecule has 0 aromatic heterocycles. The summed E-state index contributed by atoms with van der Waals surface area (Å²) in [5.41, 5.74) is 4.15. The zero-order chi connectivity index (χ0) is 22.5. The fourth-order valence-electron chi connectivity index (χ4n) is 4.31. The molecule has 0 spiro atoms. The lowest BCUT2D eigenvalue weighted by atomic mass is 9.86. The Morgan fingerprint density at radius 1 is 1.03 bits per heavy atom. The average Bonchev–Trinajstić information content (AvgIpc) is 2.82. The van der Waals surface area contributed by atoms with Gasteiger partial charge in [-0.3, -0.25) is 0 Å². The number of rotatable bonds is 6. The minimum absolute atomic E-state index is 0.0211. The van der Waals surface area contributed by atoms with Crippen LogP contribution in [-0.2, 0) is 13.0 Å². The molecule has 4 rings (SSSR count). The molecule has 3 aromatic rings. The van der Waals surface area contributed by atoms with Gasteiger partial charge in [-0.25, -0.2) is 4.79 Å². The monoisotopic (exact) mass is 450 g/mol. The lowest BCUT2D eigenvalue weighted by molar-refractivity contribution is 0.175. The van der Waals surface area contributed by atoms with E-state index in [4.69, 9.17) is 21.1 Å². The Balaban J connectivity index is 1.68. The Morgan fingerprint density at radius 2 is 1.84 bits per heavy atom. The van der Waals surface area contributed by atoms with Crippen LogP contribution in [0.25, 0.3) is 0 Å². The van der Waals surface area contributed by atoms with Gasteiger partial charge in [-0.2, -0.15) is 0 Å². The van der Waals surface area contributed by atoms with Crippen LogP contribution in [0.4, 0.5) is 10.5 Å². The summed E-state index contributed by atoms with van der Waals surface area (Å²) in [6.45, 7) is 0.436. The van der Waals surface area contributed by atoms with Crippen molar-refractivity contribution in [3.05, 3.63) is 88.4 Å². The first-order chi connectivity index (χ1) is 15.6. The highest BCUT2D eigenvalue weighted by Crippen LogP contribution is 2.36. The van der Waals surface area contributed by atoms with Crippen LogP contribution in [0.3, 0.4) is 0 Å². The third-order valence-electron chi connectivity index (χ3n) is 5.85. The highest BCUT2D eigenvalue weighted by molar-refractivity contribution is 6.30. The lowest BCUT2D eigenvalue weighted by Gasteiger charge is -2.36. The van der Waals surface area contributed by atoms with Gasteiger partial charge in [0.25, 0.3) is 0 Å². The zero-order valence-corrected chi connectivity index (χ0v) is 19.1. The predicted molar refractivity (Wildman–Crippen MR) is 128 cm³/mol. The van der Waals surface area contributed by atoms with Crippen LogP contribution < -0.4 is 14.8 Å². The molecule has 3 aromatic carbocycles. The number of nitrogens with one attached hydrogen (secondary N) is 1. The number of amides is 2. The van der Waals surface area contributed by atoms with Gasteiger partial charge in [-0.15, -0.1) is 0 Å². The molecule has 5 nitrogen and oxygen atoms in total. The molecule has 32 heavy (non-hydrogen) atoms. The first-order valence-corrected chi connectivity index (χ1v) is 11.1. The Morgan fingerprint density at radius 3 is 2.62 bits per heavy atom. The average molecular weight is 451 g/mol. The van der Waals surface area contributed by atoms with Crippen LogP contribution in [0.15, 0.2) is 66.7 Å². The molecular formula is C26H27ClN2O3. The summed E-state index contributed by atoms with van der Waals surface area (Å²) in [7, 11) is 3.23. The standard InChI is InChI=1S/C26H27ClN2O3/c1-31-24-14-13-18(15-25(24)32-2)17-29(26(30)28-21-10-6-9-20(27)16-21)23-12-5-8-19-7-3-4-11-22(19)23/h3-4,6-7,9-11,13-16,23H,5,8,12,17H2,1-2H3,(H,28,30). The molecule has 1 aliphatic rings. The molecule has 1 unspecified atom stereocenters. The molecule has 1 atom stereocenters. The van der Waals surface area contributed by atoms with E-state index in [0.29, 0.717) is 28.8 Å². The summed E-state index contributed by atoms with van der Waals surface area (Å²) in [6, 6.07) is 21.2. The molecule has 1 aliphatic carbocycles. The van der Waals surface area contributed by atoms with Crippen molar-refractivity contribution in [2.24, 2.45) is 0 Å². The number of fused-ring (bicyclic) bond motifs is 1. The molecule has 0 fully saturated rings. The molecular weight excluding hydrogens is 424 g/mol. The van der Waals surface area contributed by atoms with Gasteiger partial charge in [-0.05, 0) is 66.3 Å². The van der Waals surface area contributed by atoms with Gasteiger partial charge in [0.2, 0.25) is 0 Å². The number of carbonyl (C=O) groups is 1. The van der Waals surface area contributed by atoms with E-state index in [-0.39, 0.29) is 12.1 Å². The van der Waals surface area contributed by atoms with Crippen molar-refractivity contribution in [3.8, 4) is 11.5 Å². The van der Waals surface area contributed by atoms with Gasteiger partial charge in [0.05, 0.1) is 20.3 Å². The maximum Gasteiger partial charge on any atom is 0.322 e. The summed E-state index contributed by atoms with van der Waals surface area (Å²) >= 11 is 6.12. The molecule has 0 heterocycles. The third kappa shape index (κ3) is 4.83. The highest BCUT2D eigenvalue weighted by atomic mass is 35.5. The van der Waals surface area contributed by atoms with Crippen molar-refractivity contribution in [1.29, 1.82) is 0 Å². The Bertz CT molecular complexity index is 1100. The van der Waals surface area contributed by atoms with Gasteiger partial charge in [-0.1, -0.05) is 48.0 Å². The first-order valence-electron chi connectivity index (χ1n) is 10.7. The number of hydrogen-bond donors (Lipinski definition) is 1. The van der Waals surface area contributed by atoms with Crippen molar-refractivity contribution in [1.82, 2.24) is 4.90 Å². The summed E-state index contributed by atoms with van der Waals surface area (Å²) in [4.78, 5) is 15.4. The van der Waals surface area contributed by atoms with Crippen molar-refractivity contribution in [3.63, 3.8) is 0 Å². The highest BCUT2D eigenvalue weighted by Gasteiger charge is 2.29. The third-order valence-corrected chi connectivity index (χ3v) is 6.09. The van der Waals surface area contributed by atoms with Crippen molar-refractivity contribution in [2.75, 3.05) is 19.5 Å². The van der Waals surface area contributed by atoms with Crippen molar-refractivity contribution < 1.29 is 14.3 Å². The molecule has 1 N–H and O–H groups in total. The van der Waals surface area contributed by atoms with Gasteiger partial charge in [0, 0.05) is 17.3 Å². The summed E-state index contributed by atoms with van der Waals surface area (Å²) < 4.78 is 10.8. The molecule has 0 saturated carbocycles. The second kappa shape index (κ2) is 9.96. The van der Waals surface area contributed by atoms with Crippen LogP contribution in [0.1, 0.15) is 35.6 Å². The van der Waals surface area contributed by atoms with Crippen LogP contribution in [-0.4, -0.2) is 25.2 Å². The maximum atomic E-state index is 13.5. The molecule has 0 aliphatic heterocycles. The molecule has 2 amide bonds. The normalized spacial score (nSPS) is 14.9. The second-order valence-corrected chi connectivity index (χ2v) is 8.30. The van der Waals surface area contributed by atoms with E-state index in [1.165, 1.54) is 11.1 Å². The van der Waals surface area contributed by atoms with E-state index in [0.717, 1.165) is 24.8 Å². The fourth-order valence-corrected chi connectivity index (χ4v) is 4.50. The minimum atomic E-state index is -0.163. The number of ether oxygens (including phenoxy) is 2. The molecule has 166 valence electrons. The van der Waals surface area contributed by atoms with E-state index >= 15 is 0 Å². The van der Waals surface area contributed by atoms with Crippen LogP contribution in [0.5, 0.6) is 11.5 Å². The second-order valence-electron chi connectivity index (χ2n) is 7.86. The van der Waals surface area contributed by atoms with E-state index in [2.05, 4.69) is 23.5 Å². The maximum absolute atomic E-state index is 13.5. The number of benzene rings is 3. The SMILES string of the molecule is COc1ccc(CN(C(=O)Nc2cccc(Cl)c2)C2CCCc3ccccc32)cc1OC. The van der Waals surface area contributed by atoms with E-state index in [1.807, 2.05) is 41.3 Å². The molecule has 0 bridgehead atoms. The number of carbonyl (C=O) groups excluding carboxylic acids is 1.